The molecule has 4 rings (SSSR count). The van der Waals surface area contributed by atoms with Crippen LogP contribution in [0.1, 0.15) is 10.4 Å². The molecule has 0 spiro atoms. The molecule has 3 aromatic rings. The Morgan fingerprint density at radius 3 is 2.56 bits per heavy atom. The van der Waals surface area contributed by atoms with Crippen LogP contribution in [0.4, 0.5) is 11.4 Å². The van der Waals surface area contributed by atoms with Crippen LogP contribution >= 0.6 is 0 Å². The average molecular weight is 384 g/mol. The van der Waals surface area contributed by atoms with Crippen LogP contribution in [-0.2, 0) is 10.0 Å². The van der Waals surface area contributed by atoms with E-state index in [0.29, 0.717) is 33.5 Å². The number of carbonyl (C=O) groups excluding carboxylic acids is 1. The topological polar surface area (TPSA) is 93.7 Å². The minimum atomic E-state index is -3.95. The number of hydrogen-bond acceptors (Lipinski definition) is 5. The molecule has 8 heteroatoms. The Balaban J connectivity index is 1.85. The van der Waals surface area contributed by atoms with Gasteiger partial charge in [-0.05, 0) is 30.3 Å². The summed E-state index contributed by atoms with van der Waals surface area (Å²) >= 11 is 0. The molecule has 0 bridgehead atoms. The van der Waals surface area contributed by atoms with Gasteiger partial charge in [-0.2, -0.15) is 0 Å². The third kappa shape index (κ3) is 2.74. The zero-order valence-corrected chi connectivity index (χ0v) is 15.4. The third-order valence-corrected chi connectivity index (χ3v) is 5.86. The van der Waals surface area contributed by atoms with E-state index < -0.39 is 10.0 Å². The fourth-order valence-electron chi connectivity index (χ4n) is 3.19. The van der Waals surface area contributed by atoms with Crippen molar-refractivity contribution in [1.82, 2.24) is 0 Å². The third-order valence-electron chi connectivity index (χ3n) is 4.43. The Hall–Kier alpha value is -3.26. The number of sulfonamides is 1. The SMILES string of the molecule is COc1ccc(OC)c(NS(=O)(=O)c2ccc3c4c(cccc24)C(=O)N3)c1. The summed E-state index contributed by atoms with van der Waals surface area (Å²) < 4.78 is 39.1. The lowest BCUT2D eigenvalue weighted by Crippen LogP contribution is -2.14. The first kappa shape index (κ1) is 17.2. The molecule has 1 heterocycles. The van der Waals surface area contributed by atoms with Crippen molar-refractivity contribution >= 4 is 38.1 Å². The minimum Gasteiger partial charge on any atom is -0.497 e. The number of nitrogens with one attached hydrogen (secondary N) is 2. The highest BCUT2D eigenvalue weighted by Gasteiger charge is 2.26. The van der Waals surface area contributed by atoms with Gasteiger partial charge in [-0.15, -0.1) is 0 Å². The Bertz CT molecular complexity index is 1190. The second kappa shape index (κ2) is 6.17. The van der Waals surface area contributed by atoms with Crippen molar-refractivity contribution < 1.29 is 22.7 Å². The van der Waals surface area contributed by atoms with Crippen molar-refractivity contribution in [2.24, 2.45) is 0 Å². The fourth-order valence-corrected chi connectivity index (χ4v) is 4.46. The van der Waals surface area contributed by atoms with Gasteiger partial charge >= 0.3 is 0 Å². The molecule has 138 valence electrons. The second-order valence-electron chi connectivity index (χ2n) is 5.97. The number of carbonyl (C=O) groups is 1. The van der Waals surface area contributed by atoms with Crippen molar-refractivity contribution in [3.05, 3.63) is 54.1 Å². The fraction of sp³-hybridized carbons (Fsp3) is 0.105. The van der Waals surface area contributed by atoms with E-state index in [2.05, 4.69) is 10.0 Å². The molecular formula is C19H16N2O5S. The largest absolute Gasteiger partial charge is 0.497 e. The molecule has 7 nitrogen and oxygen atoms in total. The molecule has 0 saturated heterocycles. The first-order valence-corrected chi connectivity index (χ1v) is 9.55. The first-order valence-electron chi connectivity index (χ1n) is 8.06. The van der Waals surface area contributed by atoms with E-state index in [1.807, 2.05) is 0 Å². The van der Waals surface area contributed by atoms with Crippen LogP contribution < -0.4 is 19.5 Å². The van der Waals surface area contributed by atoms with Crippen molar-refractivity contribution in [3.8, 4) is 11.5 Å². The van der Waals surface area contributed by atoms with Gasteiger partial charge in [0.1, 0.15) is 11.5 Å². The van der Waals surface area contributed by atoms with Crippen LogP contribution in [0.5, 0.6) is 11.5 Å². The van der Waals surface area contributed by atoms with Gasteiger partial charge in [0, 0.05) is 28.1 Å². The molecule has 27 heavy (non-hydrogen) atoms. The lowest BCUT2D eigenvalue weighted by Gasteiger charge is -2.14. The Morgan fingerprint density at radius 1 is 1.00 bits per heavy atom. The number of ether oxygens (including phenoxy) is 2. The van der Waals surface area contributed by atoms with Crippen molar-refractivity contribution in [2.45, 2.75) is 4.90 Å². The summed E-state index contributed by atoms with van der Waals surface area (Å²) in [4.78, 5) is 12.1. The highest BCUT2D eigenvalue weighted by Crippen LogP contribution is 2.38. The van der Waals surface area contributed by atoms with Gasteiger partial charge in [0.05, 0.1) is 24.8 Å². The monoisotopic (exact) mass is 384 g/mol. The minimum absolute atomic E-state index is 0.0736. The van der Waals surface area contributed by atoms with Gasteiger partial charge < -0.3 is 14.8 Å². The Kier molecular flexibility index (Phi) is 3.92. The number of methoxy groups -OCH3 is 2. The maximum absolute atomic E-state index is 13.1. The molecule has 0 fully saturated rings. The van der Waals surface area contributed by atoms with E-state index in [0.717, 1.165) is 0 Å². The highest BCUT2D eigenvalue weighted by molar-refractivity contribution is 7.93. The number of hydrogen-bond donors (Lipinski definition) is 2. The number of amides is 1. The average Bonchev–Trinajstić information content (AvgIpc) is 2.99. The zero-order valence-electron chi connectivity index (χ0n) is 14.6. The molecule has 0 radical (unpaired) electrons. The van der Waals surface area contributed by atoms with E-state index in [4.69, 9.17) is 9.47 Å². The van der Waals surface area contributed by atoms with Gasteiger partial charge in [-0.3, -0.25) is 9.52 Å². The van der Waals surface area contributed by atoms with E-state index >= 15 is 0 Å². The maximum atomic E-state index is 13.1. The molecule has 0 saturated carbocycles. The van der Waals surface area contributed by atoms with Crippen LogP contribution in [0.3, 0.4) is 0 Å². The van der Waals surface area contributed by atoms with Gasteiger partial charge in [0.15, 0.2) is 0 Å². The normalized spacial score (nSPS) is 12.7. The standard InChI is InChI=1S/C19H16N2O5S/c1-25-11-6-8-16(26-2)15(10-11)21-27(23,24)17-9-7-14-18-12(17)4-3-5-13(18)19(22)20-14/h3-10,21H,1-2H3,(H,20,22). The van der Waals surface area contributed by atoms with Crippen molar-refractivity contribution in [1.29, 1.82) is 0 Å². The number of benzene rings is 3. The van der Waals surface area contributed by atoms with E-state index in [-0.39, 0.29) is 16.5 Å². The lowest BCUT2D eigenvalue weighted by molar-refractivity contribution is 0.103. The quantitative estimate of drug-likeness (QED) is 0.704. The summed E-state index contributed by atoms with van der Waals surface area (Å²) in [5.41, 5.74) is 1.32. The van der Waals surface area contributed by atoms with Crippen molar-refractivity contribution in [2.75, 3.05) is 24.3 Å². The van der Waals surface area contributed by atoms with Crippen LogP contribution in [0.25, 0.3) is 10.8 Å². The van der Waals surface area contributed by atoms with Gasteiger partial charge in [0.2, 0.25) is 0 Å². The lowest BCUT2D eigenvalue weighted by atomic mass is 10.1. The zero-order chi connectivity index (χ0) is 19.2. The summed E-state index contributed by atoms with van der Waals surface area (Å²) in [7, 11) is -0.998. The molecule has 0 unspecified atom stereocenters. The Labute approximate surface area is 156 Å². The van der Waals surface area contributed by atoms with Crippen LogP contribution in [0.15, 0.2) is 53.4 Å². The predicted octanol–water partition coefficient (Wildman–Crippen LogP) is 3.22. The van der Waals surface area contributed by atoms with Gasteiger partial charge in [-0.25, -0.2) is 8.42 Å². The van der Waals surface area contributed by atoms with Crippen LogP contribution in [-0.4, -0.2) is 28.5 Å². The molecule has 2 N–H and O–H groups in total. The Morgan fingerprint density at radius 2 is 1.81 bits per heavy atom. The summed E-state index contributed by atoms with van der Waals surface area (Å²) in [6.07, 6.45) is 0. The van der Waals surface area contributed by atoms with Crippen LogP contribution in [0, 0.1) is 0 Å². The second-order valence-corrected chi connectivity index (χ2v) is 7.62. The predicted molar refractivity (Wildman–Crippen MR) is 102 cm³/mol. The molecular weight excluding hydrogens is 368 g/mol. The van der Waals surface area contributed by atoms with Crippen LogP contribution in [0.2, 0.25) is 0 Å². The summed E-state index contributed by atoms with van der Waals surface area (Å²) in [6.45, 7) is 0. The smallest absolute Gasteiger partial charge is 0.262 e. The molecule has 1 aliphatic heterocycles. The van der Waals surface area contributed by atoms with Gasteiger partial charge in [-0.1, -0.05) is 12.1 Å². The summed E-state index contributed by atoms with van der Waals surface area (Å²) in [5, 5.41) is 3.81. The maximum Gasteiger partial charge on any atom is 0.262 e. The van der Waals surface area contributed by atoms with Gasteiger partial charge in [0.25, 0.3) is 15.9 Å². The van der Waals surface area contributed by atoms with E-state index in [9.17, 15) is 13.2 Å². The molecule has 0 aromatic heterocycles. The first-order chi connectivity index (χ1) is 12.9. The molecule has 0 atom stereocenters. The number of anilines is 2. The molecule has 0 aliphatic carbocycles. The molecule has 3 aromatic carbocycles. The number of rotatable bonds is 5. The highest BCUT2D eigenvalue weighted by atomic mass is 32.2. The summed E-state index contributed by atoms with van der Waals surface area (Å²) in [6, 6.07) is 12.9. The van der Waals surface area contributed by atoms with Crippen molar-refractivity contribution in [3.63, 3.8) is 0 Å². The molecule has 1 aliphatic rings. The summed E-state index contributed by atoms with van der Waals surface area (Å²) in [5.74, 6) is 0.610. The van der Waals surface area contributed by atoms with E-state index in [1.165, 1.54) is 20.3 Å². The molecule has 1 amide bonds. The van der Waals surface area contributed by atoms with E-state index in [1.54, 1.807) is 42.5 Å².